The third-order valence-corrected chi connectivity index (χ3v) is 3.45. The highest BCUT2D eigenvalue weighted by molar-refractivity contribution is 5.99. The van der Waals surface area contributed by atoms with Gasteiger partial charge in [0.1, 0.15) is 5.75 Å². The molecule has 1 aromatic heterocycles. The number of aromatic nitrogens is 1. The predicted molar refractivity (Wildman–Crippen MR) is 89.5 cm³/mol. The zero-order valence-electron chi connectivity index (χ0n) is 12.4. The van der Waals surface area contributed by atoms with Crippen molar-refractivity contribution in [1.82, 2.24) is 4.98 Å². The molecule has 1 heterocycles. The van der Waals surface area contributed by atoms with Gasteiger partial charge in [-0.2, -0.15) is 5.10 Å². The summed E-state index contributed by atoms with van der Waals surface area (Å²) in [5, 5.41) is 14.0. The molecule has 0 bridgehead atoms. The molecule has 0 atom stereocenters. The normalized spacial score (nSPS) is 11.0. The first-order valence-corrected chi connectivity index (χ1v) is 6.95. The Hall–Kier alpha value is -3.28. The van der Waals surface area contributed by atoms with E-state index in [1.165, 1.54) is 12.1 Å². The maximum Gasteiger partial charge on any atom is 0.335 e. The molecule has 0 spiro atoms. The first-order chi connectivity index (χ1) is 11.2. The van der Waals surface area contributed by atoms with Crippen molar-refractivity contribution in [1.29, 1.82) is 0 Å². The molecule has 0 amide bonds. The molecule has 2 aromatic carbocycles. The second-order valence-electron chi connectivity index (χ2n) is 4.91. The first-order valence-electron chi connectivity index (χ1n) is 6.95. The lowest BCUT2D eigenvalue weighted by atomic mass is 10.2. The van der Waals surface area contributed by atoms with E-state index < -0.39 is 5.97 Å². The number of hydrazone groups is 1. The van der Waals surface area contributed by atoms with Gasteiger partial charge < -0.3 is 14.8 Å². The molecule has 0 radical (unpaired) electrons. The van der Waals surface area contributed by atoms with Gasteiger partial charge in [-0.1, -0.05) is 0 Å². The fourth-order valence-corrected chi connectivity index (χ4v) is 2.22. The number of fused-ring (bicyclic) bond motifs is 1. The molecule has 3 aromatic rings. The third kappa shape index (κ3) is 3.16. The van der Waals surface area contributed by atoms with Crippen LogP contribution in [0.25, 0.3) is 10.9 Å². The summed E-state index contributed by atoms with van der Waals surface area (Å²) in [6.07, 6.45) is 3.56. The maximum atomic E-state index is 10.8. The van der Waals surface area contributed by atoms with Gasteiger partial charge in [0.15, 0.2) is 0 Å². The van der Waals surface area contributed by atoms with Crippen LogP contribution >= 0.6 is 0 Å². The number of nitrogens with one attached hydrogen (secondary N) is 2. The summed E-state index contributed by atoms with van der Waals surface area (Å²) in [5.74, 6) is -0.170. The van der Waals surface area contributed by atoms with Gasteiger partial charge in [0, 0.05) is 22.7 Å². The zero-order valence-corrected chi connectivity index (χ0v) is 12.4. The molecular formula is C17H15N3O3. The van der Waals surface area contributed by atoms with Crippen LogP contribution < -0.4 is 10.2 Å². The van der Waals surface area contributed by atoms with Crippen molar-refractivity contribution >= 4 is 28.8 Å². The van der Waals surface area contributed by atoms with Gasteiger partial charge in [-0.05, 0) is 42.5 Å². The summed E-state index contributed by atoms with van der Waals surface area (Å²) < 4.78 is 5.23. The van der Waals surface area contributed by atoms with Crippen LogP contribution in [0.5, 0.6) is 5.75 Å². The highest BCUT2D eigenvalue weighted by atomic mass is 16.5. The smallest absolute Gasteiger partial charge is 0.335 e. The quantitative estimate of drug-likeness (QED) is 0.498. The van der Waals surface area contributed by atoms with Crippen molar-refractivity contribution in [3.63, 3.8) is 0 Å². The number of ether oxygens (including phenoxy) is 1. The van der Waals surface area contributed by atoms with E-state index in [2.05, 4.69) is 15.5 Å². The molecule has 6 nitrogen and oxygen atoms in total. The number of nitrogens with zero attached hydrogens (tertiary/aromatic N) is 1. The molecule has 23 heavy (non-hydrogen) atoms. The highest BCUT2D eigenvalue weighted by Gasteiger charge is 2.03. The van der Waals surface area contributed by atoms with Gasteiger partial charge in [-0.25, -0.2) is 4.79 Å². The number of hydrogen-bond donors (Lipinski definition) is 3. The van der Waals surface area contributed by atoms with Crippen LogP contribution in [0, 0.1) is 0 Å². The fraction of sp³-hybridized carbons (Fsp3) is 0.0588. The lowest BCUT2D eigenvalue weighted by Crippen LogP contribution is -1.96. The number of anilines is 1. The fourth-order valence-electron chi connectivity index (χ4n) is 2.22. The molecule has 0 aliphatic carbocycles. The van der Waals surface area contributed by atoms with Crippen molar-refractivity contribution in [3.8, 4) is 5.75 Å². The molecule has 0 unspecified atom stereocenters. The van der Waals surface area contributed by atoms with E-state index in [1.807, 2.05) is 24.4 Å². The van der Waals surface area contributed by atoms with Gasteiger partial charge in [0.25, 0.3) is 0 Å². The third-order valence-electron chi connectivity index (χ3n) is 3.45. The number of carboxylic acids is 1. The first kappa shape index (κ1) is 14.6. The summed E-state index contributed by atoms with van der Waals surface area (Å²) in [4.78, 5) is 14.0. The molecule has 116 valence electrons. The van der Waals surface area contributed by atoms with Gasteiger partial charge in [0.05, 0.1) is 24.6 Å². The molecule has 0 saturated heterocycles. The van der Waals surface area contributed by atoms with E-state index in [-0.39, 0.29) is 5.56 Å². The number of benzene rings is 2. The largest absolute Gasteiger partial charge is 0.497 e. The van der Waals surface area contributed by atoms with Crippen molar-refractivity contribution in [2.45, 2.75) is 0 Å². The van der Waals surface area contributed by atoms with E-state index in [0.29, 0.717) is 5.69 Å². The SMILES string of the molecule is COc1ccc2[nH]cc(C=NNc3ccc(C(=O)O)cc3)c2c1. The molecule has 0 fully saturated rings. The summed E-state index contributed by atoms with van der Waals surface area (Å²) in [5.41, 5.74) is 5.75. The van der Waals surface area contributed by atoms with Crippen LogP contribution in [-0.2, 0) is 0 Å². The van der Waals surface area contributed by atoms with Crippen LogP contribution in [0.2, 0.25) is 0 Å². The van der Waals surface area contributed by atoms with Crippen molar-refractivity contribution < 1.29 is 14.6 Å². The van der Waals surface area contributed by atoms with Crippen LogP contribution in [-0.4, -0.2) is 29.4 Å². The summed E-state index contributed by atoms with van der Waals surface area (Å²) in [7, 11) is 1.63. The number of hydrogen-bond acceptors (Lipinski definition) is 4. The minimum Gasteiger partial charge on any atom is -0.497 e. The Kier molecular flexibility index (Phi) is 3.97. The Balaban J connectivity index is 1.76. The van der Waals surface area contributed by atoms with E-state index in [9.17, 15) is 4.79 Å². The van der Waals surface area contributed by atoms with Crippen LogP contribution in [0.3, 0.4) is 0 Å². The van der Waals surface area contributed by atoms with E-state index in [1.54, 1.807) is 25.5 Å². The Morgan fingerprint density at radius 1 is 1.26 bits per heavy atom. The van der Waals surface area contributed by atoms with Crippen molar-refractivity contribution in [2.24, 2.45) is 5.10 Å². The minimum atomic E-state index is -0.951. The summed E-state index contributed by atoms with van der Waals surface area (Å²) in [6.45, 7) is 0. The van der Waals surface area contributed by atoms with Gasteiger partial charge in [-0.3, -0.25) is 5.43 Å². The van der Waals surface area contributed by atoms with Crippen LogP contribution in [0.15, 0.2) is 53.8 Å². The molecule has 3 N–H and O–H groups in total. The predicted octanol–water partition coefficient (Wildman–Crippen LogP) is 3.32. The zero-order chi connectivity index (χ0) is 16.2. The number of rotatable bonds is 5. The van der Waals surface area contributed by atoms with Crippen molar-refractivity contribution in [2.75, 3.05) is 12.5 Å². The van der Waals surface area contributed by atoms with E-state index >= 15 is 0 Å². The molecule has 0 aliphatic rings. The monoisotopic (exact) mass is 309 g/mol. The molecule has 0 saturated carbocycles. The Bertz CT molecular complexity index is 866. The second-order valence-corrected chi connectivity index (χ2v) is 4.91. The van der Waals surface area contributed by atoms with Crippen molar-refractivity contribution in [3.05, 3.63) is 59.8 Å². The standard InChI is InChI=1S/C17H15N3O3/c1-23-14-6-7-16-15(8-14)12(9-18-16)10-19-20-13-4-2-11(3-5-13)17(21)22/h2-10,18,20H,1H3,(H,21,22). The Labute approximate surface area is 132 Å². The topological polar surface area (TPSA) is 86.7 Å². The number of methoxy groups -OCH3 is 1. The van der Waals surface area contributed by atoms with Gasteiger partial charge in [0.2, 0.25) is 0 Å². The Morgan fingerprint density at radius 3 is 2.74 bits per heavy atom. The second kappa shape index (κ2) is 6.23. The number of aromatic carboxylic acids is 1. The van der Waals surface area contributed by atoms with E-state index in [0.717, 1.165) is 22.2 Å². The average molecular weight is 309 g/mol. The lowest BCUT2D eigenvalue weighted by Gasteiger charge is -2.01. The molecule has 6 heteroatoms. The molecule has 3 rings (SSSR count). The summed E-state index contributed by atoms with van der Waals surface area (Å²) in [6, 6.07) is 12.2. The number of carboxylic acid groups (broad SMARTS) is 1. The molecule has 0 aliphatic heterocycles. The Morgan fingerprint density at radius 2 is 2.04 bits per heavy atom. The molecular weight excluding hydrogens is 294 g/mol. The highest BCUT2D eigenvalue weighted by Crippen LogP contribution is 2.22. The number of H-pyrrole nitrogens is 1. The minimum absolute atomic E-state index is 0.239. The lowest BCUT2D eigenvalue weighted by molar-refractivity contribution is 0.0697. The van der Waals surface area contributed by atoms with Gasteiger partial charge >= 0.3 is 5.97 Å². The van der Waals surface area contributed by atoms with E-state index in [4.69, 9.17) is 9.84 Å². The number of carbonyl (C=O) groups is 1. The maximum absolute atomic E-state index is 10.8. The average Bonchev–Trinajstić information content (AvgIpc) is 2.97. The summed E-state index contributed by atoms with van der Waals surface area (Å²) >= 11 is 0. The van der Waals surface area contributed by atoms with Gasteiger partial charge in [-0.15, -0.1) is 0 Å². The van der Waals surface area contributed by atoms with Crippen LogP contribution in [0.4, 0.5) is 5.69 Å². The van der Waals surface area contributed by atoms with Crippen LogP contribution in [0.1, 0.15) is 15.9 Å². The number of aromatic amines is 1.